The van der Waals surface area contributed by atoms with E-state index in [9.17, 15) is 4.79 Å². The number of ether oxygens (including phenoxy) is 1. The third-order valence-electron chi connectivity index (χ3n) is 3.31. The molecule has 2 N–H and O–H groups in total. The lowest BCUT2D eigenvalue weighted by molar-refractivity contribution is 0.208. The van der Waals surface area contributed by atoms with Crippen LogP contribution < -0.4 is 10.1 Å². The van der Waals surface area contributed by atoms with Gasteiger partial charge in [-0.05, 0) is 44.5 Å². The van der Waals surface area contributed by atoms with Gasteiger partial charge in [-0.15, -0.1) is 0 Å². The zero-order valence-corrected chi connectivity index (χ0v) is 12.0. The Bertz CT molecular complexity index is 445. The van der Waals surface area contributed by atoms with Crippen LogP contribution in [0.25, 0.3) is 0 Å². The molecule has 0 radical (unpaired) electrons. The predicted molar refractivity (Wildman–Crippen MR) is 78.0 cm³/mol. The highest BCUT2D eigenvalue weighted by molar-refractivity contribution is 5.89. The Morgan fingerprint density at radius 2 is 2.15 bits per heavy atom. The van der Waals surface area contributed by atoms with Crippen LogP contribution in [0, 0.1) is 5.92 Å². The fourth-order valence-electron chi connectivity index (χ4n) is 2.26. The van der Waals surface area contributed by atoms with Crippen molar-refractivity contribution < 1.29 is 14.6 Å². The highest BCUT2D eigenvalue weighted by Crippen LogP contribution is 2.19. The van der Waals surface area contributed by atoms with E-state index in [1.165, 1.54) is 0 Å². The van der Waals surface area contributed by atoms with Gasteiger partial charge in [0.1, 0.15) is 5.75 Å². The van der Waals surface area contributed by atoms with E-state index < -0.39 is 0 Å². The molecule has 0 saturated carbocycles. The van der Waals surface area contributed by atoms with Gasteiger partial charge in [0.15, 0.2) is 0 Å². The van der Waals surface area contributed by atoms with E-state index in [1.54, 1.807) is 4.90 Å². The number of amides is 2. The number of aliphatic hydroxyl groups is 1. The Morgan fingerprint density at radius 3 is 2.70 bits per heavy atom. The molecule has 1 atom stereocenters. The average Bonchev–Trinajstić information content (AvgIpc) is 2.89. The molecule has 1 fully saturated rings. The summed E-state index contributed by atoms with van der Waals surface area (Å²) in [5.74, 6) is 1.00. The van der Waals surface area contributed by atoms with Crippen molar-refractivity contribution in [3.05, 3.63) is 24.3 Å². The van der Waals surface area contributed by atoms with E-state index in [0.29, 0.717) is 13.1 Å². The van der Waals surface area contributed by atoms with Gasteiger partial charge in [0.2, 0.25) is 0 Å². The second-order valence-corrected chi connectivity index (χ2v) is 5.40. The van der Waals surface area contributed by atoms with E-state index in [4.69, 9.17) is 9.84 Å². The van der Waals surface area contributed by atoms with Crippen LogP contribution in [-0.4, -0.2) is 41.8 Å². The fourth-order valence-corrected chi connectivity index (χ4v) is 2.26. The number of benzene rings is 1. The molecule has 2 rings (SSSR count). The Balaban J connectivity index is 1.88. The normalized spacial score (nSPS) is 18.4. The van der Waals surface area contributed by atoms with Gasteiger partial charge in [0.25, 0.3) is 0 Å². The van der Waals surface area contributed by atoms with E-state index >= 15 is 0 Å². The zero-order chi connectivity index (χ0) is 14.5. The number of urea groups is 1. The van der Waals surface area contributed by atoms with E-state index in [1.807, 2.05) is 38.1 Å². The van der Waals surface area contributed by atoms with Gasteiger partial charge >= 0.3 is 6.03 Å². The van der Waals surface area contributed by atoms with Gasteiger partial charge < -0.3 is 20.1 Å². The summed E-state index contributed by atoms with van der Waals surface area (Å²) >= 11 is 0. The van der Waals surface area contributed by atoms with Gasteiger partial charge in [0, 0.05) is 31.3 Å². The standard InChI is InChI=1S/C15H22N2O3/c1-11(2)20-14-5-3-13(4-6-14)16-15(19)17-8-7-12(9-17)10-18/h3-6,11-12,18H,7-10H2,1-2H3,(H,16,19). The molecule has 0 bridgehead atoms. The highest BCUT2D eigenvalue weighted by atomic mass is 16.5. The van der Waals surface area contributed by atoms with Crippen molar-refractivity contribution in [1.82, 2.24) is 4.90 Å². The Morgan fingerprint density at radius 1 is 1.45 bits per heavy atom. The van der Waals surface area contributed by atoms with Crippen molar-refractivity contribution in [2.24, 2.45) is 5.92 Å². The number of rotatable bonds is 4. The highest BCUT2D eigenvalue weighted by Gasteiger charge is 2.25. The number of carbonyl (C=O) groups is 1. The number of anilines is 1. The van der Waals surface area contributed by atoms with Crippen molar-refractivity contribution in [2.45, 2.75) is 26.4 Å². The van der Waals surface area contributed by atoms with Gasteiger partial charge in [-0.1, -0.05) is 0 Å². The molecule has 2 amide bonds. The lowest BCUT2D eigenvalue weighted by atomic mass is 10.1. The topological polar surface area (TPSA) is 61.8 Å². The second kappa shape index (κ2) is 6.61. The summed E-state index contributed by atoms with van der Waals surface area (Å²) in [5, 5.41) is 11.9. The van der Waals surface area contributed by atoms with Crippen molar-refractivity contribution in [3.8, 4) is 5.75 Å². The molecule has 20 heavy (non-hydrogen) atoms. The molecular formula is C15H22N2O3. The van der Waals surface area contributed by atoms with Crippen molar-refractivity contribution in [3.63, 3.8) is 0 Å². The molecule has 0 aliphatic carbocycles. The van der Waals surface area contributed by atoms with E-state index in [-0.39, 0.29) is 24.7 Å². The van der Waals surface area contributed by atoms with Crippen LogP contribution in [0.4, 0.5) is 10.5 Å². The maximum atomic E-state index is 12.0. The number of hydrogen-bond acceptors (Lipinski definition) is 3. The minimum Gasteiger partial charge on any atom is -0.491 e. The molecule has 1 saturated heterocycles. The quantitative estimate of drug-likeness (QED) is 0.888. The van der Waals surface area contributed by atoms with E-state index in [2.05, 4.69) is 5.32 Å². The molecule has 1 aliphatic rings. The van der Waals surface area contributed by atoms with Crippen LogP contribution in [0.5, 0.6) is 5.75 Å². The second-order valence-electron chi connectivity index (χ2n) is 5.40. The number of nitrogens with one attached hydrogen (secondary N) is 1. The van der Waals surface area contributed by atoms with Crippen LogP contribution >= 0.6 is 0 Å². The van der Waals surface area contributed by atoms with Crippen LogP contribution in [0.2, 0.25) is 0 Å². The monoisotopic (exact) mass is 278 g/mol. The summed E-state index contributed by atoms with van der Waals surface area (Å²) in [7, 11) is 0. The third kappa shape index (κ3) is 3.87. The third-order valence-corrected chi connectivity index (χ3v) is 3.31. The summed E-state index contributed by atoms with van der Waals surface area (Å²) in [6, 6.07) is 7.23. The molecule has 1 aliphatic heterocycles. The molecule has 5 nitrogen and oxygen atoms in total. The molecule has 1 aromatic carbocycles. The van der Waals surface area contributed by atoms with Crippen LogP contribution in [0.3, 0.4) is 0 Å². The molecular weight excluding hydrogens is 256 g/mol. The Kier molecular flexibility index (Phi) is 4.84. The first-order valence-electron chi connectivity index (χ1n) is 7.02. The minimum absolute atomic E-state index is 0.113. The summed E-state index contributed by atoms with van der Waals surface area (Å²) < 4.78 is 5.55. The lowest BCUT2D eigenvalue weighted by Crippen LogP contribution is -2.33. The molecule has 0 spiro atoms. The smallest absolute Gasteiger partial charge is 0.321 e. The Labute approximate surface area is 119 Å². The number of aliphatic hydroxyl groups excluding tert-OH is 1. The largest absolute Gasteiger partial charge is 0.491 e. The van der Waals surface area contributed by atoms with Gasteiger partial charge in [-0.3, -0.25) is 0 Å². The minimum atomic E-state index is -0.113. The van der Waals surface area contributed by atoms with Crippen molar-refractivity contribution in [2.75, 3.05) is 25.0 Å². The maximum absolute atomic E-state index is 12.0. The van der Waals surface area contributed by atoms with Gasteiger partial charge in [-0.25, -0.2) is 4.79 Å². The predicted octanol–water partition coefficient (Wildman–Crippen LogP) is 2.32. The molecule has 0 aromatic heterocycles. The summed E-state index contributed by atoms with van der Waals surface area (Å²) in [4.78, 5) is 13.8. The molecule has 1 aromatic rings. The summed E-state index contributed by atoms with van der Waals surface area (Å²) in [5.41, 5.74) is 0.749. The average molecular weight is 278 g/mol. The summed E-state index contributed by atoms with van der Waals surface area (Å²) in [6.07, 6.45) is 1.00. The van der Waals surface area contributed by atoms with Crippen LogP contribution in [0.15, 0.2) is 24.3 Å². The zero-order valence-electron chi connectivity index (χ0n) is 12.0. The first-order chi connectivity index (χ1) is 9.58. The number of nitrogens with zero attached hydrogens (tertiary/aromatic N) is 1. The maximum Gasteiger partial charge on any atom is 0.321 e. The lowest BCUT2D eigenvalue weighted by Gasteiger charge is -2.17. The number of carbonyl (C=O) groups excluding carboxylic acids is 1. The van der Waals surface area contributed by atoms with Crippen molar-refractivity contribution in [1.29, 1.82) is 0 Å². The van der Waals surface area contributed by atoms with Crippen LogP contribution in [-0.2, 0) is 0 Å². The van der Waals surface area contributed by atoms with Crippen LogP contribution in [0.1, 0.15) is 20.3 Å². The number of hydrogen-bond donors (Lipinski definition) is 2. The first kappa shape index (κ1) is 14.7. The number of likely N-dealkylation sites (tertiary alicyclic amines) is 1. The van der Waals surface area contributed by atoms with E-state index in [0.717, 1.165) is 17.9 Å². The van der Waals surface area contributed by atoms with Crippen molar-refractivity contribution >= 4 is 11.7 Å². The van der Waals surface area contributed by atoms with Gasteiger partial charge in [0.05, 0.1) is 6.10 Å². The molecule has 5 heteroatoms. The summed E-state index contributed by atoms with van der Waals surface area (Å²) in [6.45, 7) is 5.41. The van der Waals surface area contributed by atoms with Gasteiger partial charge in [-0.2, -0.15) is 0 Å². The molecule has 1 unspecified atom stereocenters. The molecule has 110 valence electrons. The first-order valence-corrected chi connectivity index (χ1v) is 7.02. The Hall–Kier alpha value is -1.75. The molecule has 1 heterocycles. The fraction of sp³-hybridized carbons (Fsp3) is 0.533. The SMILES string of the molecule is CC(C)Oc1ccc(NC(=O)N2CCC(CO)C2)cc1.